The number of hydrogen-bond donors (Lipinski definition) is 2. The van der Waals surface area contributed by atoms with E-state index in [1.807, 2.05) is 32.9 Å². The molecule has 0 aliphatic rings. The lowest BCUT2D eigenvalue weighted by molar-refractivity contribution is 0.582. The van der Waals surface area contributed by atoms with Gasteiger partial charge in [0.15, 0.2) is 0 Å². The third-order valence-electron chi connectivity index (χ3n) is 5.57. The lowest BCUT2D eigenvalue weighted by atomic mass is 9.84. The molecule has 0 saturated heterocycles. The largest absolute Gasteiger partial charge is 0.359 e. The van der Waals surface area contributed by atoms with Gasteiger partial charge in [0.25, 0.3) is 0 Å². The van der Waals surface area contributed by atoms with E-state index in [1.165, 1.54) is 12.1 Å². The molecule has 0 aliphatic carbocycles. The maximum Gasteiger partial charge on any atom is 0.146 e. The number of allylic oxidation sites excluding steroid dienone is 1. The van der Waals surface area contributed by atoms with Crippen LogP contribution in [0.2, 0.25) is 5.02 Å². The quantitative estimate of drug-likeness (QED) is 0.301. The van der Waals surface area contributed by atoms with Gasteiger partial charge in [-0.05, 0) is 80.8 Å². The third kappa shape index (κ3) is 5.99. The van der Waals surface area contributed by atoms with Crippen molar-refractivity contribution in [2.45, 2.75) is 38.5 Å². The molecule has 0 heterocycles. The van der Waals surface area contributed by atoms with Crippen molar-refractivity contribution >= 4 is 40.3 Å². The highest BCUT2D eigenvalue weighted by Gasteiger charge is 2.32. The highest BCUT2D eigenvalue weighted by molar-refractivity contribution is 6.32. The molecule has 178 valence electrons. The van der Waals surface area contributed by atoms with Crippen LogP contribution in [-0.2, 0) is 0 Å². The molecular formula is C28H28Cl2F2N2. The molecule has 0 bridgehead atoms. The van der Waals surface area contributed by atoms with Crippen LogP contribution in [0.25, 0.3) is 5.70 Å². The van der Waals surface area contributed by atoms with Gasteiger partial charge in [0.2, 0.25) is 0 Å². The summed E-state index contributed by atoms with van der Waals surface area (Å²) in [5.74, 6) is -1.06. The third-order valence-corrected chi connectivity index (χ3v) is 6.12. The lowest BCUT2D eigenvalue weighted by Crippen LogP contribution is -2.27. The highest BCUT2D eigenvalue weighted by Crippen LogP contribution is 2.40. The van der Waals surface area contributed by atoms with Crippen LogP contribution in [0.4, 0.5) is 20.2 Å². The Morgan fingerprint density at radius 3 is 2.24 bits per heavy atom. The first kappa shape index (κ1) is 25.8. The SMILES string of the molecule is C=C(Nc1ccc(C)cc1F)c1cc(NC(=C)C(c2ccc(C)c(F)c2)C(C)(C)Cl)ccc1Cl. The summed E-state index contributed by atoms with van der Waals surface area (Å²) in [6.45, 7) is 15.5. The molecular weight excluding hydrogens is 473 g/mol. The van der Waals surface area contributed by atoms with Gasteiger partial charge in [-0.25, -0.2) is 8.78 Å². The van der Waals surface area contributed by atoms with Crippen LogP contribution in [0.15, 0.2) is 73.5 Å². The molecule has 34 heavy (non-hydrogen) atoms. The Morgan fingerprint density at radius 1 is 0.912 bits per heavy atom. The first-order chi connectivity index (χ1) is 15.9. The Kier molecular flexibility index (Phi) is 7.74. The van der Waals surface area contributed by atoms with Crippen LogP contribution in [-0.4, -0.2) is 4.87 Å². The molecule has 0 aliphatic heterocycles. The van der Waals surface area contributed by atoms with Gasteiger partial charge in [-0.1, -0.05) is 43.0 Å². The number of nitrogens with one attached hydrogen (secondary N) is 2. The van der Waals surface area contributed by atoms with Gasteiger partial charge in [0, 0.05) is 28.6 Å². The summed E-state index contributed by atoms with van der Waals surface area (Å²) in [6, 6.07) is 15.3. The Hall–Kier alpha value is -2.82. The maximum absolute atomic E-state index is 14.3. The summed E-state index contributed by atoms with van der Waals surface area (Å²) in [7, 11) is 0. The van der Waals surface area contributed by atoms with Crippen LogP contribution in [0.3, 0.4) is 0 Å². The van der Waals surface area contributed by atoms with Gasteiger partial charge < -0.3 is 10.6 Å². The summed E-state index contributed by atoms with van der Waals surface area (Å²) in [4.78, 5) is -0.741. The standard InChI is InChI=1S/C28H28Cl2F2N2/c1-16-7-12-26(25(32)13-16)34-18(3)22-15-21(10-11-23(22)29)33-19(4)27(28(5,6)30)20-9-8-17(2)24(31)14-20/h7-15,27,33-34H,3-4H2,1-2,5-6H3. The lowest BCUT2D eigenvalue weighted by Gasteiger charge is -2.31. The van der Waals surface area contributed by atoms with E-state index in [0.717, 1.165) is 11.1 Å². The van der Waals surface area contributed by atoms with Crippen molar-refractivity contribution in [1.29, 1.82) is 0 Å². The van der Waals surface area contributed by atoms with Crippen molar-refractivity contribution < 1.29 is 8.78 Å². The van der Waals surface area contributed by atoms with Crippen molar-refractivity contribution in [2.75, 3.05) is 10.6 Å². The molecule has 2 nitrogen and oxygen atoms in total. The summed E-state index contributed by atoms with van der Waals surface area (Å²) in [5.41, 5.74) is 4.73. The molecule has 3 aromatic rings. The van der Waals surface area contributed by atoms with Crippen LogP contribution >= 0.6 is 23.2 Å². The van der Waals surface area contributed by atoms with Crippen LogP contribution in [0, 0.1) is 25.5 Å². The predicted molar refractivity (Wildman–Crippen MR) is 142 cm³/mol. The van der Waals surface area contributed by atoms with E-state index in [-0.39, 0.29) is 17.6 Å². The van der Waals surface area contributed by atoms with E-state index in [2.05, 4.69) is 23.8 Å². The molecule has 0 aromatic heterocycles. The Bertz CT molecular complexity index is 1250. The predicted octanol–water partition coefficient (Wildman–Crippen LogP) is 9.04. The van der Waals surface area contributed by atoms with E-state index < -0.39 is 4.87 Å². The van der Waals surface area contributed by atoms with Gasteiger partial charge in [-0.2, -0.15) is 0 Å². The fourth-order valence-corrected chi connectivity index (χ4v) is 4.33. The van der Waals surface area contributed by atoms with Crippen molar-refractivity contribution in [3.8, 4) is 0 Å². The highest BCUT2D eigenvalue weighted by atomic mass is 35.5. The molecule has 2 N–H and O–H groups in total. The van der Waals surface area contributed by atoms with E-state index in [1.54, 1.807) is 37.3 Å². The van der Waals surface area contributed by atoms with Gasteiger partial charge in [-0.15, -0.1) is 11.6 Å². The first-order valence-electron chi connectivity index (χ1n) is 10.8. The fourth-order valence-electron chi connectivity index (χ4n) is 3.84. The zero-order valence-electron chi connectivity index (χ0n) is 19.7. The molecule has 3 aromatic carbocycles. The summed E-state index contributed by atoms with van der Waals surface area (Å²) in [5, 5.41) is 6.73. The number of anilines is 2. The minimum Gasteiger partial charge on any atom is -0.359 e. The normalized spacial score (nSPS) is 12.2. The maximum atomic E-state index is 14.3. The Morgan fingerprint density at radius 2 is 1.62 bits per heavy atom. The van der Waals surface area contributed by atoms with Crippen LogP contribution in [0.5, 0.6) is 0 Å². The smallest absolute Gasteiger partial charge is 0.146 e. The number of halogens is 4. The molecule has 0 spiro atoms. The topological polar surface area (TPSA) is 24.1 Å². The van der Waals surface area contributed by atoms with E-state index in [0.29, 0.717) is 38.9 Å². The summed E-state index contributed by atoms with van der Waals surface area (Å²) >= 11 is 13.1. The minimum atomic E-state index is -0.741. The second-order valence-corrected chi connectivity index (χ2v) is 10.3. The second-order valence-electron chi connectivity index (χ2n) is 8.94. The molecule has 0 fully saturated rings. The molecule has 1 unspecified atom stereocenters. The van der Waals surface area contributed by atoms with Crippen molar-refractivity contribution in [3.63, 3.8) is 0 Å². The number of aryl methyl sites for hydroxylation is 2. The Balaban J connectivity index is 1.87. The van der Waals surface area contributed by atoms with Gasteiger partial charge in [0.1, 0.15) is 11.6 Å². The average molecular weight is 501 g/mol. The first-order valence-corrected chi connectivity index (χ1v) is 11.5. The average Bonchev–Trinajstić information content (AvgIpc) is 2.73. The number of alkyl halides is 1. The van der Waals surface area contributed by atoms with E-state index >= 15 is 0 Å². The van der Waals surface area contributed by atoms with Crippen LogP contribution < -0.4 is 10.6 Å². The molecule has 3 rings (SSSR count). The van der Waals surface area contributed by atoms with Gasteiger partial charge in [0.05, 0.1) is 15.6 Å². The number of hydrogen-bond acceptors (Lipinski definition) is 2. The summed E-state index contributed by atoms with van der Waals surface area (Å²) < 4.78 is 28.6. The molecule has 0 saturated carbocycles. The minimum absolute atomic E-state index is 0.296. The van der Waals surface area contributed by atoms with E-state index in [9.17, 15) is 8.78 Å². The summed E-state index contributed by atoms with van der Waals surface area (Å²) in [6.07, 6.45) is 0. The molecule has 1 atom stereocenters. The number of rotatable bonds is 8. The zero-order valence-corrected chi connectivity index (χ0v) is 21.2. The second kappa shape index (κ2) is 10.2. The Labute approximate surface area is 210 Å². The van der Waals surface area contributed by atoms with Gasteiger partial charge >= 0.3 is 0 Å². The molecule has 6 heteroatoms. The van der Waals surface area contributed by atoms with Crippen LogP contribution in [0.1, 0.15) is 42.0 Å². The van der Waals surface area contributed by atoms with E-state index in [4.69, 9.17) is 23.2 Å². The monoisotopic (exact) mass is 500 g/mol. The fraction of sp³-hybridized carbons (Fsp3) is 0.214. The molecule has 0 radical (unpaired) electrons. The zero-order chi connectivity index (χ0) is 25.2. The van der Waals surface area contributed by atoms with Crippen molar-refractivity contribution in [1.82, 2.24) is 0 Å². The van der Waals surface area contributed by atoms with Crippen molar-refractivity contribution in [3.05, 3.63) is 112 Å². The molecule has 0 amide bonds. The van der Waals surface area contributed by atoms with Gasteiger partial charge in [-0.3, -0.25) is 0 Å². The number of benzene rings is 3. The van der Waals surface area contributed by atoms with Crippen molar-refractivity contribution in [2.24, 2.45) is 0 Å².